The highest BCUT2D eigenvalue weighted by molar-refractivity contribution is 6.04. The van der Waals surface area contributed by atoms with Crippen molar-refractivity contribution < 1.29 is 14.3 Å². The van der Waals surface area contributed by atoms with E-state index in [9.17, 15) is 4.79 Å². The monoisotopic (exact) mass is 233 g/mol. The number of ether oxygens (including phenoxy) is 2. The fourth-order valence-corrected chi connectivity index (χ4v) is 1.21. The highest BCUT2D eigenvalue weighted by Crippen LogP contribution is 2.25. The number of methoxy groups -OCH3 is 2. The van der Waals surface area contributed by atoms with Crippen molar-refractivity contribution in [2.45, 2.75) is 13.3 Å². The molecule has 0 unspecified atom stereocenters. The maximum Gasteiger partial charge on any atom is 0.300 e. The summed E-state index contributed by atoms with van der Waals surface area (Å²) in [6, 6.07) is 5.13. The predicted molar refractivity (Wildman–Crippen MR) is 66.2 cm³/mol. The van der Waals surface area contributed by atoms with Gasteiger partial charge in [-0.05, 0) is 5.92 Å². The molecule has 0 aliphatic carbocycles. The second-order valence-corrected chi connectivity index (χ2v) is 3.21. The van der Waals surface area contributed by atoms with E-state index >= 15 is 0 Å². The van der Waals surface area contributed by atoms with E-state index in [4.69, 9.17) is 9.47 Å². The Bertz CT molecular complexity index is 435. The molecule has 4 nitrogen and oxygen atoms in total. The minimum Gasteiger partial charge on any atom is -0.497 e. The lowest BCUT2D eigenvalue weighted by atomic mass is 10.2. The van der Waals surface area contributed by atoms with Crippen molar-refractivity contribution in [1.82, 2.24) is 0 Å². The molecule has 0 radical (unpaired) electrons. The Labute approximate surface area is 101 Å². The van der Waals surface area contributed by atoms with Crippen molar-refractivity contribution in [1.29, 1.82) is 0 Å². The fraction of sp³-hybridized carbons (Fsp3) is 0.308. The average molecular weight is 233 g/mol. The standard InChI is InChI=1S/C13H15NO3/c1-4-5-6-13(15)14-10-7-11(16-2)9-12(8-10)17-3/h7-9H,4H2,1-3H3,(H,14,15). The van der Waals surface area contributed by atoms with Crippen molar-refractivity contribution in [3.05, 3.63) is 18.2 Å². The molecule has 0 aliphatic heterocycles. The largest absolute Gasteiger partial charge is 0.497 e. The van der Waals surface area contributed by atoms with E-state index in [0.717, 1.165) is 0 Å². The molecule has 0 fully saturated rings. The number of anilines is 1. The van der Waals surface area contributed by atoms with Crippen molar-refractivity contribution in [2.24, 2.45) is 0 Å². The Balaban J connectivity index is 2.86. The molecule has 0 atom stereocenters. The number of amides is 1. The maximum absolute atomic E-state index is 11.4. The smallest absolute Gasteiger partial charge is 0.300 e. The molecule has 1 N–H and O–H groups in total. The van der Waals surface area contributed by atoms with Crippen LogP contribution in [-0.2, 0) is 4.79 Å². The van der Waals surface area contributed by atoms with Crippen LogP contribution in [0.2, 0.25) is 0 Å². The molecule has 0 saturated heterocycles. The van der Waals surface area contributed by atoms with Gasteiger partial charge in [0, 0.05) is 30.3 Å². The molecule has 4 heteroatoms. The molecule has 17 heavy (non-hydrogen) atoms. The zero-order valence-electron chi connectivity index (χ0n) is 10.2. The molecule has 0 spiro atoms. The van der Waals surface area contributed by atoms with E-state index in [2.05, 4.69) is 17.2 Å². The second-order valence-electron chi connectivity index (χ2n) is 3.21. The number of carbonyl (C=O) groups is 1. The van der Waals surface area contributed by atoms with Gasteiger partial charge in [-0.1, -0.05) is 12.8 Å². The molecule has 0 aliphatic rings. The lowest BCUT2D eigenvalue weighted by molar-refractivity contribution is -0.111. The number of nitrogens with one attached hydrogen (secondary N) is 1. The summed E-state index contributed by atoms with van der Waals surface area (Å²) in [5.74, 6) is 6.06. The van der Waals surface area contributed by atoms with Crippen molar-refractivity contribution >= 4 is 11.6 Å². The maximum atomic E-state index is 11.4. The summed E-state index contributed by atoms with van der Waals surface area (Å²) in [5, 5.41) is 2.65. The lowest BCUT2D eigenvalue weighted by Gasteiger charge is -2.07. The fourth-order valence-electron chi connectivity index (χ4n) is 1.21. The van der Waals surface area contributed by atoms with Gasteiger partial charge in [-0.2, -0.15) is 0 Å². The van der Waals surface area contributed by atoms with Crippen LogP contribution >= 0.6 is 0 Å². The highest BCUT2D eigenvalue weighted by Gasteiger charge is 2.03. The van der Waals surface area contributed by atoms with Crippen LogP contribution in [-0.4, -0.2) is 20.1 Å². The highest BCUT2D eigenvalue weighted by atomic mass is 16.5. The van der Waals surface area contributed by atoms with Gasteiger partial charge in [-0.15, -0.1) is 0 Å². The molecular weight excluding hydrogens is 218 g/mol. The molecule has 0 aromatic heterocycles. The van der Waals surface area contributed by atoms with Crippen LogP contribution < -0.4 is 14.8 Å². The SMILES string of the molecule is CCC#CC(=O)Nc1cc(OC)cc(OC)c1. The molecular formula is C13H15NO3. The van der Waals surface area contributed by atoms with Crippen LogP contribution in [0.25, 0.3) is 0 Å². The van der Waals surface area contributed by atoms with Crippen molar-refractivity contribution in [2.75, 3.05) is 19.5 Å². The summed E-state index contributed by atoms with van der Waals surface area (Å²) in [5.41, 5.74) is 0.594. The Hall–Kier alpha value is -2.15. The zero-order chi connectivity index (χ0) is 12.7. The Morgan fingerprint density at radius 1 is 1.24 bits per heavy atom. The van der Waals surface area contributed by atoms with Gasteiger partial charge in [0.25, 0.3) is 5.91 Å². The van der Waals surface area contributed by atoms with Gasteiger partial charge in [0.15, 0.2) is 0 Å². The number of benzene rings is 1. The van der Waals surface area contributed by atoms with Gasteiger partial charge in [0.05, 0.1) is 14.2 Å². The summed E-state index contributed by atoms with van der Waals surface area (Å²) < 4.78 is 10.2. The quantitative estimate of drug-likeness (QED) is 0.813. The van der Waals surface area contributed by atoms with Gasteiger partial charge >= 0.3 is 0 Å². The van der Waals surface area contributed by atoms with Gasteiger partial charge < -0.3 is 14.8 Å². The van der Waals surface area contributed by atoms with Crippen LogP contribution in [0.1, 0.15) is 13.3 Å². The third-order valence-electron chi connectivity index (χ3n) is 1.99. The molecule has 90 valence electrons. The third kappa shape index (κ3) is 4.07. The van der Waals surface area contributed by atoms with Gasteiger partial charge in [-0.3, -0.25) is 4.79 Å². The van der Waals surface area contributed by atoms with Gasteiger partial charge in [0.2, 0.25) is 0 Å². The van der Waals surface area contributed by atoms with E-state index in [1.807, 2.05) is 6.92 Å². The first kappa shape index (κ1) is 12.9. The van der Waals surface area contributed by atoms with Crippen LogP contribution in [0.5, 0.6) is 11.5 Å². The summed E-state index contributed by atoms with van der Waals surface area (Å²) in [7, 11) is 3.11. The van der Waals surface area contributed by atoms with Crippen LogP contribution in [0.4, 0.5) is 5.69 Å². The zero-order valence-corrected chi connectivity index (χ0v) is 10.2. The number of hydrogen-bond acceptors (Lipinski definition) is 3. The Kier molecular flexibility index (Phi) is 4.89. The number of hydrogen-bond donors (Lipinski definition) is 1. The lowest BCUT2D eigenvalue weighted by Crippen LogP contribution is -2.08. The molecule has 1 amide bonds. The van der Waals surface area contributed by atoms with Crippen LogP contribution in [0.3, 0.4) is 0 Å². The molecule has 1 rings (SSSR count). The molecule has 1 aromatic rings. The number of rotatable bonds is 3. The third-order valence-corrected chi connectivity index (χ3v) is 1.99. The van der Waals surface area contributed by atoms with Gasteiger partial charge in [0.1, 0.15) is 11.5 Å². The summed E-state index contributed by atoms with van der Waals surface area (Å²) in [6.45, 7) is 1.88. The van der Waals surface area contributed by atoms with Crippen LogP contribution in [0, 0.1) is 11.8 Å². The average Bonchev–Trinajstić information content (AvgIpc) is 2.35. The summed E-state index contributed by atoms with van der Waals surface area (Å²) >= 11 is 0. The number of carbonyl (C=O) groups excluding carboxylic acids is 1. The first-order valence-electron chi connectivity index (χ1n) is 5.22. The molecule has 0 saturated carbocycles. The Morgan fingerprint density at radius 2 is 1.82 bits per heavy atom. The van der Waals surface area contributed by atoms with Crippen LogP contribution in [0.15, 0.2) is 18.2 Å². The normalized spacial score (nSPS) is 8.88. The van der Waals surface area contributed by atoms with E-state index < -0.39 is 0 Å². The van der Waals surface area contributed by atoms with E-state index in [0.29, 0.717) is 23.6 Å². The van der Waals surface area contributed by atoms with Gasteiger partial charge in [-0.25, -0.2) is 0 Å². The van der Waals surface area contributed by atoms with Crippen molar-refractivity contribution in [3.8, 4) is 23.3 Å². The first-order valence-corrected chi connectivity index (χ1v) is 5.22. The Morgan fingerprint density at radius 3 is 2.29 bits per heavy atom. The first-order chi connectivity index (χ1) is 8.19. The van der Waals surface area contributed by atoms with E-state index in [1.54, 1.807) is 32.4 Å². The van der Waals surface area contributed by atoms with Crippen molar-refractivity contribution in [3.63, 3.8) is 0 Å². The van der Waals surface area contributed by atoms with E-state index in [1.165, 1.54) is 0 Å². The topological polar surface area (TPSA) is 47.6 Å². The minimum absolute atomic E-state index is 0.345. The molecule has 0 bridgehead atoms. The molecule has 1 aromatic carbocycles. The minimum atomic E-state index is -0.345. The second kappa shape index (κ2) is 6.44. The predicted octanol–water partition coefficient (Wildman–Crippen LogP) is 2.06. The summed E-state index contributed by atoms with van der Waals surface area (Å²) in [4.78, 5) is 11.4. The summed E-state index contributed by atoms with van der Waals surface area (Å²) in [6.07, 6.45) is 0.648. The van der Waals surface area contributed by atoms with E-state index in [-0.39, 0.29) is 5.91 Å². The molecule has 0 heterocycles.